The Morgan fingerprint density at radius 2 is 1.78 bits per heavy atom. The number of aromatic hydroxyl groups is 1. The van der Waals surface area contributed by atoms with Crippen LogP contribution >= 0.6 is 0 Å². The molecule has 8 heteroatoms. The molecule has 0 saturated carbocycles. The number of aromatic nitrogens is 3. The lowest BCUT2D eigenvalue weighted by molar-refractivity contribution is -0.137. The Balaban J connectivity index is 1.76. The van der Waals surface area contributed by atoms with Crippen LogP contribution in [-0.4, -0.2) is 20.1 Å². The third-order valence-electron chi connectivity index (χ3n) is 3.11. The number of nitrogens with zero attached hydrogens (tertiary/aromatic N) is 3. The molecule has 0 amide bonds. The van der Waals surface area contributed by atoms with Gasteiger partial charge in [-0.25, -0.2) is 0 Å². The molecule has 1 N–H and O–H groups in total. The van der Waals surface area contributed by atoms with Crippen molar-refractivity contribution >= 4 is 10.9 Å². The van der Waals surface area contributed by atoms with Gasteiger partial charge < -0.3 is 9.84 Å². The number of ether oxygens (including phenoxy) is 1. The fraction of sp³-hybridized carbons (Fsp3) is 0.133. The summed E-state index contributed by atoms with van der Waals surface area (Å²) in [5.41, 5.74) is 0.196. The lowest BCUT2D eigenvalue weighted by Gasteiger charge is -2.09. The number of halogens is 3. The molecule has 0 aliphatic rings. The highest BCUT2D eigenvalue weighted by Gasteiger charge is 2.29. The molecular weight excluding hydrogens is 311 g/mol. The molecule has 0 aliphatic heterocycles. The number of benzene rings is 1. The van der Waals surface area contributed by atoms with Crippen LogP contribution in [0.5, 0.6) is 11.9 Å². The molecule has 3 rings (SSSR count). The fourth-order valence-corrected chi connectivity index (χ4v) is 1.95. The Hall–Kier alpha value is -2.90. The zero-order valence-electron chi connectivity index (χ0n) is 11.6. The van der Waals surface area contributed by atoms with Crippen molar-refractivity contribution in [1.29, 1.82) is 0 Å². The van der Waals surface area contributed by atoms with Gasteiger partial charge in [-0.05, 0) is 23.8 Å². The normalized spacial score (nSPS) is 11.6. The van der Waals surface area contributed by atoms with Crippen LogP contribution in [0.4, 0.5) is 13.2 Å². The average Bonchev–Trinajstić information content (AvgIpc) is 2.52. The Morgan fingerprint density at radius 3 is 2.48 bits per heavy atom. The highest BCUT2D eigenvalue weighted by Crippen LogP contribution is 2.29. The first-order valence-corrected chi connectivity index (χ1v) is 6.53. The summed E-state index contributed by atoms with van der Waals surface area (Å²) < 4.78 is 42.7. The molecule has 0 radical (unpaired) electrons. The molecular formula is C15H10F3N3O2. The molecule has 0 fully saturated rings. The lowest BCUT2D eigenvalue weighted by atomic mass is 10.1. The maximum Gasteiger partial charge on any atom is 0.416 e. The molecule has 5 nitrogen and oxygen atoms in total. The highest BCUT2D eigenvalue weighted by molar-refractivity contribution is 5.82. The summed E-state index contributed by atoms with van der Waals surface area (Å²) in [7, 11) is 0. The molecule has 0 atom stereocenters. The first-order valence-electron chi connectivity index (χ1n) is 6.53. The standard InChI is InChI=1S/C15H10F3N3O2/c16-15(17,18)10-3-1-9(2-4-10)8-23-14-20-12-7-19-6-5-11(12)13(22)21-14/h1-7H,8H2,(H,20,21,22). The van der Waals surface area contributed by atoms with Gasteiger partial charge in [-0.1, -0.05) is 12.1 Å². The van der Waals surface area contributed by atoms with E-state index in [-0.39, 0.29) is 18.5 Å². The van der Waals surface area contributed by atoms with Crippen molar-refractivity contribution in [1.82, 2.24) is 15.0 Å². The number of hydrogen-bond acceptors (Lipinski definition) is 5. The molecule has 23 heavy (non-hydrogen) atoms. The summed E-state index contributed by atoms with van der Waals surface area (Å²) in [6.45, 7) is -0.0245. The van der Waals surface area contributed by atoms with Crippen LogP contribution in [0.2, 0.25) is 0 Å². The van der Waals surface area contributed by atoms with Gasteiger partial charge in [0.05, 0.1) is 22.7 Å². The highest BCUT2D eigenvalue weighted by atomic mass is 19.4. The summed E-state index contributed by atoms with van der Waals surface area (Å²) in [5.74, 6) is -0.250. The minimum Gasteiger partial charge on any atom is -0.493 e. The van der Waals surface area contributed by atoms with Crippen LogP contribution in [0.3, 0.4) is 0 Å². The van der Waals surface area contributed by atoms with Crippen molar-refractivity contribution in [3.05, 3.63) is 53.9 Å². The molecule has 1 aromatic carbocycles. The van der Waals surface area contributed by atoms with Crippen molar-refractivity contribution in [2.45, 2.75) is 12.8 Å². The number of alkyl halides is 3. The summed E-state index contributed by atoms with van der Waals surface area (Å²) in [4.78, 5) is 11.7. The monoisotopic (exact) mass is 321 g/mol. The van der Waals surface area contributed by atoms with Crippen molar-refractivity contribution in [3.63, 3.8) is 0 Å². The van der Waals surface area contributed by atoms with E-state index >= 15 is 0 Å². The third-order valence-corrected chi connectivity index (χ3v) is 3.11. The maximum atomic E-state index is 12.5. The van der Waals surface area contributed by atoms with Gasteiger partial charge in [-0.2, -0.15) is 23.1 Å². The van der Waals surface area contributed by atoms with E-state index in [0.717, 1.165) is 12.1 Å². The van der Waals surface area contributed by atoms with E-state index in [1.165, 1.54) is 24.5 Å². The number of rotatable bonds is 3. The Morgan fingerprint density at radius 1 is 1.04 bits per heavy atom. The predicted molar refractivity (Wildman–Crippen MR) is 74.8 cm³/mol. The van der Waals surface area contributed by atoms with Gasteiger partial charge in [0.1, 0.15) is 6.61 Å². The Labute approximate surface area is 128 Å². The van der Waals surface area contributed by atoms with E-state index in [2.05, 4.69) is 15.0 Å². The molecule has 2 aromatic heterocycles. The zero-order chi connectivity index (χ0) is 16.4. The number of fused-ring (bicyclic) bond motifs is 1. The van der Waals surface area contributed by atoms with Gasteiger partial charge >= 0.3 is 12.2 Å². The molecule has 118 valence electrons. The van der Waals surface area contributed by atoms with Crippen LogP contribution in [-0.2, 0) is 12.8 Å². The fourth-order valence-electron chi connectivity index (χ4n) is 1.95. The number of hydrogen-bond donors (Lipinski definition) is 1. The second-order valence-electron chi connectivity index (χ2n) is 4.71. The van der Waals surface area contributed by atoms with Crippen molar-refractivity contribution in [2.75, 3.05) is 0 Å². The van der Waals surface area contributed by atoms with Crippen LogP contribution in [0.25, 0.3) is 10.9 Å². The van der Waals surface area contributed by atoms with Crippen molar-refractivity contribution in [2.24, 2.45) is 0 Å². The molecule has 0 unspecified atom stereocenters. The predicted octanol–water partition coefficient (Wildman–Crippen LogP) is 3.33. The molecule has 0 bridgehead atoms. The van der Waals surface area contributed by atoms with Gasteiger partial charge in [0.2, 0.25) is 5.88 Å². The minimum absolute atomic E-state index is 0.0245. The molecule has 2 heterocycles. The van der Waals surface area contributed by atoms with Crippen molar-refractivity contribution < 1.29 is 23.0 Å². The lowest BCUT2D eigenvalue weighted by Crippen LogP contribution is -2.05. The van der Waals surface area contributed by atoms with Gasteiger partial charge in [0, 0.05) is 6.20 Å². The van der Waals surface area contributed by atoms with Gasteiger partial charge in [0.25, 0.3) is 0 Å². The Kier molecular flexibility index (Phi) is 3.73. The van der Waals surface area contributed by atoms with E-state index in [1.54, 1.807) is 6.07 Å². The van der Waals surface area contributed by atoms with Crippen molar-refractivity contribution in [3.8, 4) is 11.9 Å². The third kappa shape index (κ3) is 3.31. The smallest absolute Gasteiger partial charge is 0.416 e. The van der Waals surface area contributed by atoms with E-state index in [4.69, 9.17) is 4.74 Å². The van der Waals surface area contributed by atoms with Crippen LogP contribution in [0, 0.1) is 0 Å². The maximum absolute atomic E-state index is 12.5. The summed E-state index contributed by atoms with van der Waals surface area (Å²) in [6.07, 6.45) is -1.44. The van der Waals surface area contributed by atoms with E-state index in [0.29, 0.717) is 16.5 Å². The van der Waals surface area contributed by atoms with Crippen LogP contribution in [0.1, 0.15) is 11.1 Å². The quantitative estimate of drug-likeness (QED) is 0.801. The minimum atomic E-state index is -4.38. The molecule has 3 aromatic rings. The summed E-state index contributed by atoms with van der Waals surface area (Å²) in [6, 6.07) is 6.05. The second kappa shape index (κ2) is 5.71. The van der Waals surface area contributed by atoms with Crippen LogP contribution in [0.15, 0.2) is 42.7 Å². The van der Waals surface area contributed by atoms with Gasteiger partial charge in [-0.3, -0.25) is 4.98 Å². The SMILES string of the molecule is Oc1nc(OCc2ccc(C(F)(F)F)cc2)nc2cnccc12. The first kappa shape index (κ1) is 15.0. The van der Waals surface area contributed by atoms with Gasteiger partial charge in [-0.15, -0.1) is 0 Å². The largest absolute Gasteiger partial charge is 0.493 e. The summed E-state index contributed by atoms with van der Waals surface area (Å²) in [5, 5.41) is 10.2. The molecule has 0 saturated heterocycles. The second-order valence-corrected chi connectivity index (χ2v) is 4.71. The summed E-state index contributed by atoms with van der Waals surface area (Å²) >= 11 is 0. The molecule has 0 spiro atoms. The average molecular weight is 321 g/mol. The van der Waals surface area contributed by atoms with E-state index < -0.39 is 11.7 Å². The zero-order valence-corrected chi connectivity index (χ0v) is 11.6. The van der Waals surface area contributed by atoms with Gasteiger partial charge in [0.15, 0.2) is 0 Å². The Bertz CT molecular complexity index is 835. The first-order chi connectivity index (χ1) is 10.9. The number of pyridine rings is 1. The topological polar surface area (TPSA) is 68.1 Å². The van der Waals surface area contributed by atoms with Crippen LogP contribution < -0.4 is 4.74 Å². The van der Waals surface area contributed by atoms with E-state index in [1.807, 2.05) is 0 Å². The molecule has 0 aliphatic carbocycles. The van der Waals surface area contributed by atoms with E-state index in [9.17, 15) is 18.3 Å².